The van der Waals surface area contributed by atoms with Gasteiger partial charge in [0.15, 0.2) is 0 Å². The monoisotopic (exact) mass is 169 g/mol. The number of rotatable bonds is 3. The second-order valence-electron chi connectivity index (χ2n) is 4.25. The SMILES string of the molecule is CCCC1(C2CCCN2)COC1. The van der Waals surface area contributed by atoms with E-state index in [1.807, 2.05) is 0 Å². The van der Waals surface area contributed by atoms with Crippen molar-refractivity contribution in [1.82, 2.24) is 5.32 Å². The van der Waals surface area contributed by atoms with Crippen molar-refractivity contribution < 1.29 is 4.74 Å². The van der Waals surface area contributed by atoms with Gasteiger partial charge in [-0.15, -0.1) is 0 Å². The molecule has 1 N–H and O–H groups in total. The lowest BCUT2D eigenvalue weighted by molar-refractivity contribution is -0.134. The third-order valence-corrected chi connectivity index (χ3v) is 3.33. The molecular weight excluding hydrogens is 150 g/mol. The van der Waals surface area contributed by atoms with Crippen LogP contribution in [0.1, 0.15) is 32.6 Å². The summed E-state index contributed by atoms with van der Waals surface area (Å²) in [7, 11) is 0. The van der Waals surface area contributed by atoms with Crippen LogP contribution >= 0.6 is 0 Å². The van der Waals surface area contributed by atoms with E-state index in [4.69, 9.17) is 4.74 Å². The van der Waals surface area contributed by atoms with Gasteiger partial charge < -0.3 is 10.1 Å². The van der Waals surface area contributed by atoms with Crippen LogP contribution in [0.5, 0.6) is 0 Å². The lowest BCUT2D eigenvalue weighted by Crippen LogP contribution is -2.54. The van der Waals surface area contributed by atoms with Crippen LogP contribution < -0.4 is 5.32 Å². The third kappa shape index (κ3) is 1.27. The van der Waals surface area contributed by atoms with Gasteiger partial charge in [0.1, 0.15) is 0 Å². The van der Waals surface area contributed by atoms with E-state index < -0.39 is 0 Å². The predicted octanol–water partition coefficient (Wildman–Crippen LogP) is 1.56. The van der Waals surface area contributed by atoms with Crippen LogP contribution in [-0.4, -0.2) is 25.8 Å². The summed E-state index contributed by atoms with van der Waals surface area (Å²) < 4.78 is 5.36. The number of hydrogen-bond donors (Lipinski definition) is 1. The molecule has 0 saturated carbocycles. The van der Waals surface area contributed by atoms with E-state index in [1.54, 1.807) is 0 Å². The molecule has 0 aromatic heterocycles. The molecule has 0 aromatic rings. The third-order valence-electron chi connectivity index (χ3n) is 3.33. The average molecular weight is 169 g/mol. The predicted molar refractivity (Wildman–Crippen MR) is 49.2 cm³/mol. The molecule has 70 valence electrons. The molecule has 0 bridgehead atoms. The summed E-state index contributed by atoms with van der Waals surface area (Å²) >= 11 is 0. The normalized spacial score (nSPS) is 33.2. The minimum absolute atomic E-state index is 0.519. The van der Waals surface area contributed by atoms with Gasteiger partial charge in [0.2, 0.25) is 0 Å². The zero-order valence-corrected chi connectivity index (χ0v) is 7.94. The number of hydrogen-bond acceptors (Lipinski definition) is 2. The Morgan fingerprint density at radius 3 is 2.75 bits per heavy atom. The Morgan fingerprint density at radius 1 is 1.50 bits per heavy atom. The van der Waals surface area contributed by atoms with Crippen LogP contribution in [0.4, 0.5) is 0 Å². The molecule has 0 spiro atoms. The summed E-state index contributed by atoms with van der Waals surface area (Å²) in [6, 6.07) is 0.756. The summed E-state index contributed by atoms with van der Waals surface area (Å²) in [4.78, 5) is 0. The molecule has 2 heterocycles. The summed E-state index contributed by atoms with van der Waals surface area (Å²) in [5.41, 5.74) is 0.519. The van der Waals surface area contributed by atoms with E-state index in [9.17, 15) is 0 Å². The minimum Gasteiger partial charge on any atom is -0.380 e. The summed E-state index contributed by atoms with van der Waals surface area (Å²) in [5, 5.41) is 3.60. The molecule has 2 aliphatic heterocycles. The second kappa shape index (κ2) is 3.35. The smallest absolute Gasteiger partial charge is 0.0559 e. The zero-order chi connectivity index (χ0) is 8.44. The van der Waals surface area contributed by atoms with Crippen molar-refractivity contribution in [2.75, 3.05) is 19.8 Å². The summed E-state index contributed by atoms with van der Waals surface area (Å²) in [6.45, 7) is 5.49. The first-order valence-electron chi connectivity index (χ1n) is 5.18. The maximum Gasteiger partial charge on any atom is 0.0559 e. The molecule has 0 aromatic carbocycles. The zero-order valence-electron chi connectivity index (χ0n) is 7.94. The van der Waals surface area contributed by atoms with Gasteiger partial charge in [-0.1, -0.05) is 13.3 Å². The van der Waals surface area contributed by atoms with Crippen LogP contribution in [0.2, 0.25) is 0 Å². The molecule has 2 heteroatoms. The van der Waals surface area contributed by atoms with Crippen LogP contribution in [0.15, 0.2) is 0 Å². The Labute approximate surface area is 74.7 Å². The van der Waals surface area contributed by atoms with Crippen molar-refractivity contribution in [3.63, 3.8) is 0 Å². The second-order valence-corrected chi connectivity index (χ2v) is 4.25. The van der Waals surface area contributed by atoms with Gasteiger partial charge in [-0.3, -0.25) is 0 Å². The first-order valence-corrected chi connectivity index (χ1v) is 5.18. The molecule has 0 aliphatic carbocycles. The van der Waals surface area contributed by atoms with E-state index in [0.717, 1.165) is 19.3 Å². The molecule has 12 heavy (non-hydrogen) atoms. The lowest BCUT2D eigenvalue weighted by atomic mass is 9.74. The standard InChI is InChI=1S/C10H19NO/c1-2-5-10(7-12-8-10)9-4-3-6-11-9/h9,11H,2-8H2,1H3. The maximum atomic E-state index is 5.36. The summed E-state index contributed by atoms with van der Waals surface area (Å²) in [5.74, 6) is 0. The van der Waals surface area contributed by atoms with Gasteiger partial charge in [-0.25, -0.2) is 0 Å². The molecular formula is C10H19NO. The van der Waals surface area contributed by atoms with Crippen LogP contribution in [-0.2, 0) is 4.74 Å². The Kier molecular flexibility index (Phi) is 2.37. The Hall–Kier alpha value is -0.0800. The molecule has 2 nitrogen and oxygen atoms in total. The first-order chi connectivity index (χ1) is 5.87. The first kappa shape index (κ1) is 8.52. The highest BCUT2D eigenvalue weighted by atomic mass is 16.5. The van der Waals surface area contributed by atoms with Gasteiger partial charge in [-0.2, -0.15) is 0 Å². The molecule has 2 rings (SSSR count). The Bertz CT molecular complexity index is 148. The average Bonchev–Trinajstić information content (AvgIpc) is 2.48. The molecule has 0 radical (unpaired) electrons. The summed E-state index contributed by atoms with van der Waals surface area (Å²) in [6.07, 6.45) is 5.35. The van der Waals surface area contributed by atoms with Crippen molar-refractivity contribution in [3.05, 3.63) is 0 Å². The van der Waals surface area contributed by atoms with Gasteiger partial charge in [0.05, 0.1) is 13.2 Å². The van der Waals surface area contributed by atoms with Crippen LogP contribution in [0.3, 0.4) is 0 Å². The molecule has 2 aliphatic rings. The number of ether oxygens (including phenoxy) is 1. The van der Waals surface area contributed by atoms with E-state index in [-0.39, 0.29) is 0 Å². The highest BCUT2D eigenvalue weighted by Gasteiger charge is 2.45. The van der Waals surface area contributed by atoms with E-state index in [0.29, 0.717) is 5.41 Å². The van der Waals surface area contributed by atoms with Gasteiger partial charge >= 0.3 is 0 Å². The van der Waals surface area contributed by atoms with Gasteiger partial charge in [0, 0.05) is 11.5 Å². The maximum absolute atomic E-state index is 5.36. The van der Waals surface area contributed by atoms with Crippen molar-refractivity contribution in [1.29, 1.82) is 0 Å². The Morgan fingerprint density at radius 2 is 2.33 bits per heavy atom. The van der Waals surface area contributed by atoms with Crippen LogP contribution in [0, 0.1) is 5.41 Å². The van der Waals surface area contributed by atoms with Crippen molar-refractivity contribution in [3.8, 4) is 0 Å². The van der Waals surface area contributed by atoms with E-state index >= 15 is 0 Å². The molecule has 2 fully saturated rings. The van der Waals surface area contributed by atoms with Crippen molar-refractivity contribution >= 4 is 0 Å². The lowest BCUT2D eigenvalue weighted by Gasteiger charge is -2.46. The van der Waals surface area contributed by atoms with E-state index in [1.165, 1.54) is 32.2 Å². The van der Waals surface area contributed by atoms with Crippen LogP contribution in [0.25, 0.3) is 0 Å². The molecule has 0 amide bonds. The van der Waals surface area contributed by atoms with Gasteiger partial charge in [0.25, 0.3) is 0 Å². The fraction of sp³-hybridized carbons (Fsp3) is 1.00. The minimum atomic E-state index is 0.519. The quantitative estimate of drug-likeness (QED) is 0.692. The molecule has 1 atom stereocenters. The fourth-order valence-electron chi connectivity index (χ4n) is 2.59. The molecule has 2 saturated heterocycles. The molecule has 1 unspecified atom stereocenters. The van der Waals surface area contributed by atoms with Gasteiger partial charge in [-0.05, 0) is 25.8 Å². The Balaban J connectivity index is 1.95. The van der Waals surface area contributed by atoms with Crippen molar-refractivity contribution in [2.45, 2.75) is 38.6 Å². The highest BCUT2D eigenvalue weighted by molar-refractivity contribution is 4.97. The topological polar surface area (TPSA) is 21.3 Å². The van der Waals surface area contributed by atoms with E-state index in [2.05, 4.69) is 12.2 Å². The fourth-order valence-corrected chi connectivity index (χ4v) is 2.59. The number of nitrogens with one attached hydrogen (secondary N) is 1. The largest absolute Gasteiger partial charge is 0.380 e. The highest BCUT2D eigenvalue weighted by Crippen LogP contribution is 2.39. The van der Waals surface area contributed by atoms with Crippen molar-refractivity contribution in [2.24, 2.45) is 5.41 Å².